The first-order valence-corrected chi connectivity index (χ1v) is 9.87. The van der Waals surface area contributed by atoms with Crippen molar-refractivity contribution in [3.63, 3.8) is 0 Å². The van der Waals surface area contributed by atoms with Gasteiger partial charge in [-0.1, -0.05) is 0 Å². The van der Waals surface area contributed by atoms with Crippen LogP contribution in [0.1, 0.15) is 48.7 Å². The van der Waals surface area contributed by atoms with Crippen LogP contribution in [0.2, 0.25) is 0 Å². The Balaban J connectivity index is 1.69. The van der Waals surface area contributed by atoms with Crippen LogP contribution in [0.5, 0.6) is 0 Å². The van der Waals surface area contributed by atoms with Crippen molar-refractivity contribution in [2.24, 2.45) is 5.73 Å². The summed E-state index contributed by atoms with van der Waals surface area (Å²) in [5, 5.41) is 7.08. The van der Waals surface area contributed by atoms with Crippen LogP contribution < -0.4 is 16.0 Å². The van der Waals surface area contributed by atoms with Gasteiger partial charge < -0.3 is 16.0 Å². The fraction of sp³-hybridized carbons (Fsp3) is 0.381. The molecular weight excluding hydrogens is 390 g/mol. The smallest absolute Gasteiger partial charge is 0.257 e. The maximum Gasteiger partial charge on any atom is 0.257 e. The molecule has 158 valence electrons. The van der Waals surface area contributed by atoms with Crippen LogP contribution in [0.25, 0.3) is 5.65 Å². The van der Waals surface area contributed by atoms with Crippen LogP contribution in [0.4, 0.5) is 14.6 Å². The molecule has 3 heterocycles. The third kappa shape index (κ3) is 3.72. The van der Waals surface area contributed by atoms with Gasteiger partial charge in [0.2, 0.25) is 0 Å². The zero-order valence-corrected chi connectivity index (χ0v) is 16.9. The van der Waals surface area contributed by atoms with Gasteiger partial charge in [0.1, 0.15) is 23.0 Å². The van der Waals surface area contributed by atoms with Crippen molar-refractivity contribution in [3.05, 3.63) is 59.4 Å². The Bertz CT molecular complexity index is 1100. The third-order valence-corrected chi connectivity index (χ3v) is 5.43. The molecular formula is C21H24F2N6O. The number of benzene rings is 1. The average molecular weight is 414 g/mol. The molecule has 9 heteroatoms. The van der Waals surface area contributed by atoms with Crippen LogP contribution >= 0.6 is 0 Å². The Labute approximate surface area is 172 Å². The summed E-state index contributed by atoms with van der Waals surface area (Å²) in [7, 11) is 0. The molecule has 0 radical (unpaired) electrons. The molecule has 7 nitrogen and oxygen atoms in total. The van der Waals surface area contributed by atoms with E-state index >= 15 is 0 Å². The standard InChI is InChI=1S/C21H24F2N6O/c1-21(2,12-24)27-20(30)15-11-25-29-9-7-18(26-19(15)29)28-8-3-4-17(28)14-10-13(22)5-6-16(14)23/h5-7,9-11,17H,3-4,8,12,24H2,1-2H3,(H,27,30). The van der Waals surface area contributed by atoms with Crippen LogP contribution in [0.15, 0.2) is 36.7 Å². The highest BCUT2D eigenvalue weighted by Gasteiger charge is 2.30. The third-order valence-electron chi connectivity index (χ3n) is 5.43. The molecule has 30 heavy (non-hydrogen) atoms. The molecule has 0 saturated carbocycles. The van der Waals surface area contributed by atoms with Crippen LogP contribution in [0, 0.1) is 11.6 Å². The molecule has 1 saturated heterocycles. The second-order valence-corrected chi connectivity index (χ2v) is 8.17. The number of rotatable bonds is 5. The monoisotopic (exact) mass is 414 g/mol. The Hall–Kier alpha value is -3.07. The molecule has 3 N–H and O–H groups in total. The van der Waals surface area contributed by atoms with Crippen molar-refractivity contribution in [3.8, 4) is 0 Å². The van der Waals surface area contributed by atoms with Gasteiger partial charge in [0.05, 0.1) is 12.2 Å². The molecule has 1 aliphatic rings. The Morgan fingerprint density at radius 3 is 2.90 bits per heavy atom. The molecule has 1 unspecified atom stereocenters. The maximum absolute atomic E-state index is 14.4. The van der Waals surface area contributed by atoms with Gasteiger partial charge in [-0.3, -0.25) is 4.79 Å². The van der Waals surface area contributed by atoms with Crippen molar-refractivity contribution in [1.82, 2.24) is 19.9 Å². The molecule has 0 spiro atoms. The quantitative estimate of drug-likeness (QED) is 0.670. The Kier molecular flexibility index (Phi) is 5.15. The van der Waals surface area contributed by atoms with Crippen LogP contribution in [-0.2, 0) is 0 Å². The lowest BCUT2D eigenvalue weighted by Crippen LogP contribution is -2.48. The topological polar surface area (TPSA) is 88.5 Å². The number of anilines is 1. The van der Waals surface area contributed by atoms with Crippen molar-refractivity contribution in [2.75, 3.05) is 18.0 Å². The summed E-state index contributed by atoms with van der Waals surface area (Å²) in [6, 6.07) is 4.94. The number of nitrogens with zero attached hydrogens (tertiary/aromatic N) is 4. The van der Waals surface area contributed by atoms with Gasteiger partial charge in [-0.15, -0.1) is 0 Å². The minimum absolute atomic E-state index is 0.283. The summed E-state index contributed by atoms with van der Waals surface area (Å²) in [4.78, 5) is 19.3. The van der Waals surface area contributed by atoms with Crippen molar-refractivity contribution in [1.29, 1.82) is 0 Å². The molecule has 1 atom stereocenters. The van der Waals surface area contributed by atoms with Gasteiger partial charge in [0, 0.05) is 30.4 Å². The zero-order valence-electron chi connectivity index (χ0n) is 16.9. The number of hydrogen-bond acceptors (Lipinski definition) is 5. The lowest BCUT2D eigenvalue weighted by Gasteiger charge is -2.26. The van der Waals surface area contributed by atoms with Gasteiger partial charge in [0.15, 0.2) is 5.65 Å². The van der Waals surface area contributed by atoms with Crippen LogP contribution in [0.3, 0.4) is 0 Å². The van der Waals surface area contributed by atoms with E-state index in [9.17, 15) is 13.6 Å². The number of aromatic nitrogens is 3. The average Bonchev–Trinajstić information content (AvgIpc) is 3.36. The molecule has 4 rings (SSSR count). The second-order valence-electron chi connectivity index (χ2n) is 8.17. The number of halogens is 2. The molecule has 0 aliphatic carbocycles. The fourth-order valence-electron chi connectivity index (χ4n) is 3.74. The van der Waals surface area contributed by atoms with E-state index in [4.69, 9.17) is 5.73 Å². The van der Waals surface area contributed by atoms with Gasteiger partial charge in [-0.2, -0.15) is 5.10 Å². The molecule has 1 aromatic carbocycles. The minimum atomic E-state index is -0.572. The van der Waals surface area contributed by atoms with Crippen molar-refractivity contribution < 1.29 is 13.6 Å². The van der Waals surface area contributed by atoms with E-state index < -0.39 is 17.2 Å². The lowest BCUT2D eigenvalue weighted by atomic mass is 10.0. The van der Waals surface area contributed by atoms with E-state index in [-0.39, 0.29) is 18.5 Å². The van der Waals surface area contributed by atoms with E-state index in [0.29, 0.717) is 35.6 Å². The highest BCUT2D eigenvalue weighted by molar-refractivity contribution is 6.00. The summed E-state index contributed by atoms with van der Waals surface area (Å²) in [6.07, 6.45) is 4.68. The second kappa shape index (κ2) is 7.64. The predicted molar refractivity (Wildman–Crippen MR) is 109 cm³/mol. The van der Waals surface area contributed by atoms with Gasteiger partial charge >= 0.3 is 0 Å². The van der Waals surface area contributed by atoms with E-state index in [2.05, 4.69) is 15.4 Å². The summed E-state index contributed by atoms with van der Waals surface area (Å²) in [5.41, 5.74) is 6.16. The Morgan fingerprint density at radius 1 is 1.33 bits per heavy atom. The van der Waals surface area contributed by atoms with Crippen molar-refractivity contribution in [2.45, 2.75) is 38.3 Å². The highest BCUT2D eigenvalue weighted by atomic mass is 19.1. The zero-order chi connectivity index (χ0) is 21.5. The first-order chi connectivity index (χ1) is 14.3. The Morgan fingerprint density at radius 2 is 2.13 bits per heavy atom. The number of nitrogens with two attached hydrogens (primary N) is 1. The number of nitrogens with one attached hydrogen (secondary N) is 1. The van der Waals surface area contributed by atoms with Gasteiger partial charge in [-0.05, 0) is 51.0 Å². The van der Waals surface area contributed by atoms with E-state index in [1.807, 2.05) is 18.7 Å². The molecule has 1 fully saturated rings. The number of carbonyl (C=O) groups excluding carboxylic acids is 1. The number of hydrogen-bond donors (Lipinski definition) is 2. The maximum atomic E-state index is 14.4. The van der Waals surface area contributed by atoms with Gasteiger partial charge in [-0.25, -0.2) is 18.3 Å². The molecule has 2 aromatic heterocycles. The largest absolute Gasteiger partial charge is 0.349 e. The van der Waals surface area contributed by atoms with E-state index in [0.717, 1.165) is 18.6 Å². The predicted octanol–water partition coefficient (Wildman–Crippen LogP) is 2.82. The molecule has 1 aliphatic heterocycles. The molecule has 3 aromatic rings. The summed E-state index contributed by atoms with van der Waals surface area (Å²) in [5.74, 6) is -0.651. The van der Waals surface area contributed by atoms with E-state index in [1.54, 1.807) is 12.3 Å². The van der Waals surface area contributed by atoms with Crippen molar-refractivity contribution >= 4 is 17.4 Å². The van der Waals surface area contributed by atoms with Gasteiger partial charge in [0.25, 0.3) is 5.91 Å². The fourth-order valence-corrected chi connectivity index (χ4v) is 3.74. The molecule has 1 amide bonds. The summed E-state index contributed by atoms with van der Waals surface area (Å²) < 4.78 is 29.6. The first-order valence-electron chi connectivity index (χ1n) is 9.87. The normalized spacial score (nSPS) is 17.0. The summed E-state index contributed by atoms with van der Waals surface area (Å²) >= 11 is 0. The SMILES string of the molecule is CC(C)(CN)NC(=O)c1cnn2ccc(N3CCCC3c3cc(F)ccc3F)nc12. The molecule has 0 bridgehead atoms. The number of amides is 1. The number of fused-ring (bicyclic) bond motifs is 1. The highest BCUT2D eigenvalue weighted by Crippen LogP contribution is 2.36. The minimum Gasteiger partial charge on any atom is -0.349 e. The first kappa shape index (κ1) is 20.2. The van der Waals surface area contributed by atoms with E-state index in [1.165, 1.54) is 16.8 Å². The summed E-state index contributed by atoms with van der Waals surface area (Å²) in [6.45, 7) is 4.60. The number of carbonyl (C=O) groups is 1. The lowest BCUT2D eigenvalue weighted by molar-refractivity contribution is 0.0917. The van der Waals surface area contributed by atoms with Crippen LogP contribution in [-0.4, -0.2) is 39.1 Å².